The number of nitrogens with one attached hydrogen (secondary N) is 3. The smallest absolute Gasteiger partial charge is 0.293 e. The Kier molecular flexibility index (Phi) is 8.52. The monoisotopic (exact) mass is 587 g/mol. The summed E-state index contributed by atoms with van der Waals surface area (Å²) >= 11 is 0. The maximum atomic E-state index is 13.0. The lowest BCUT2D eigenvalue weighted by molar-refractivity contribution is -0.828. The molecule has 4 aliphatic carbocycles. The summed E-state index contributed by atoms with van der Waals surface area (Å²) in [4.78, 5) is 18.6. The zero-order valence-electron chi connectivity index (χ0n) is 25.6. The summed E-state index contributed by atoms with van der Waals surface area (Å²) < 4.78 is 6.61. The van der Waals surface area contributed by atoms with Gasteiger partial charge in [-0.15, -0.1) is 0 Å². The van der Waals surface area contributed by atoms with Gasteiger partial charge in [-0.1, -0.05) is 12.5 Å². The highest BCUT2D eigenvalue weighted by atomic mass is 16.5. The molecular formula is C32H53N5O5. The second-order valence-electron chi connectivity index (χ2n) is 14.4. The lowest BCUT2D eigenvalue weighted by atomic mass is 9.45. The molecule has 6 aliphatic rings. The molecule has 5 fully saturated rings. The number of aliphatic hydroxyl groups excluding tert-OH is 1. The first kappa shape index (κ1) is 30.5. The molecule has 2 aliphatic heterocycles. The van der Waals surface area contributed by atoms with Gasteiger partial charge in [0.1, 0.15) is 5.60 Å². The average molecular weight is 588 g/mol. The minimum Gasteiger partial charge on any atom is -0.545 e. The normalized spacial score (nSPS) is 45.2. The highest BCUT2D eigenvalue weighted by Crippen LogP contribution is 2.76. The standard InChI is InChI=1S/C32H53N5O5/c1-20-8-9-21-15-24-27(28(39)40)30(41,19-42-26-7-3-6-25-23(26)5-4-11-36-25)17-31(20,24)32(21)18-37(29(33)34-2)13-10-22(32)16-35-12-14-38/h20-23,25-26,35-36,38,41H,3-19H2,1-2H3,(H2,33,34)(H,39,40)/t20-,21-,22-,23+,25-,26+,30+,31+,32-/m1/s1. The van der Waals surface area contributed by atoms with Crippen LogP contribution in [0.5, 0.6) is 0 Å². The maximum absolute atomic E-state index is 13.0. The molecule has 0 radical (unpaired) electrons. The predicted octanol–water partition coefficient (Wildman–Crippen LogP) is -1.04. The van der Waals surface area contributed by atoms with Crippen LogP contribution < -0.4 is 26.4 Å². The molecule has 42 heavy (non-hydrogen) atoms. The molecule has 1 unspecified atom stereocenters. The number of fused-ring (bicyclic) bond motifs is 1. The first-order chi connectivity index (χ1) is 20.2. The molecule has 0 aromatic carbocycles. The second kappa shape index (κ2) is 11.7. The van der Waals surface area contributed by atoms with Gasteiger partial charge in [0, 0.05) is 48.4 Å². The van der Waals surface area contributed by atoms with Gasteiger partial charge in [0.15, 0.2) is 0 Å². The van der Waals surface area contributed by atoms with Crippen molar-refractivity contribution in [3.05, 3.63) is 11.1 Å². The largest absolute Gasteiger partial charge is 0.545 e. The minimum absolute atomic E-state index is 0.00543. The SMILES string of the molecule is CN=C(N)[NH+]1CC[C@H](CNCCO)[C@@]2(C1)[C@@H]1CC[C@@H](C)[C@]23C[C@](O)(CO[C@H]2CCC[C@H]4NCCC[C@H]24)C(C(=O)[O-])=C3C1. The number of nitrogens with zero attached hydrogens (tertiary/aromatic N) is 1. The summed E-state index contributed by atoms with van der Waals surface area (Å²) in [6, 6.07) is 0.448. The topological polar surface area (TPSA) is 157 Å². The number of hydrogen-bond acceptors (Lipinski definition) is 8. The van der Waals surface area contributed by atoms with Gasteiger partial charge in [0.25, 0.3) is 5.96 Å². The van der Waals surface area contributed by atoms with Crippen molar-refractivity contribution in [3.63, 3.8) is 0 Å². The van der Waals surface area contributed by atoms with Crippen LogP contribution in [0, 0.1) is 34.5 Å². The van der Waals surface area contributed by atoms with Crippen LogP contribution in [0.4, 0.5) is 0 Å². The van der Waals surface area contributed by atoms with Gasteiger partial charge >= 0.3 is 0 Å². The Hall–Kier alpha value is -1.56. The Morgan fingerprint density at radius 1 is 1.24 bits per heavy atom. The van der Waals surface area contributed by atoms with Gasteiger partial charge in [-0.05, 0) is 88.6 Å². The van der Waals surface area contributed by atoms with Crippen LogP contribution >= 0.6 is 0 Å². The van der Waals surface area contributed by atoms with Crippen LogP contribution in [0.15, 0.2) is 16.1 Å². The Morgan fingerprint density at radius 3 is 2.83 bits per heavy atom. The van der Waals surface area contributed by atoms with E-state index in [9.17, 15) is 20.1 Å². The number of carbonyl (C=O) groups excluding carboxylic acids is 1. The number of carboxylic acid groups (broad SMARTS) is 1. The van der Waals surface area contributed by atoms with Crippen molar-refractivity contribution in [2.45, 2.75) is 88.9 Å². The van der Waals surface area contributed by atoms with Crippen molar-refractivity contribution in [3.8, 4) is 0 Å². The van der Waals surface area contributed by atoms with Crippen molar-refractivity contribution < 1.29 is 29.8 Å². The van der Waals surface area contributed by atoms with Crippen LogP contribution in [0.1, 0.15) is 71.1 Å². The van der Waals surface area contributed by atoms with E-state index in [0.29, 0.717) is 43.2 Å². The number of carbonyl (C=O) groups is 1. The van der Waals surface area contributed by atoms with E-state index in [0.717, 1.165) is 88.0 Å². The van der Waals surface area contributed by atoms with Crippen LogP contribution in [0.3, 0.4) is 0 Å². The van der Waals surface area contributed by atoms with Gasteiger partial charge < -0.3 is 41.2 Å². The highest BCUT2D eigenvalue weighted by Gasteiger charge is 2.75. The fraction of sp³-hybridized carbons (Fsp3) is 0.875. The third kappa shape index (κ3) is 4.58. The minimum atomic E-state index is -1.59. The van der Waals surface area contributed by atoms with E-state index >= 15 is 0 Å². The summed E-state index contributed by atoms with van der Waals surface area (Å²) in [6.45, 7) is 6.32. The molecule has 10 atom stereocenters. The van der Waals surface area contributed by atoms with Crippen LogP contribution in [-0.4, -0.2) is 92.9 Å². The molecule has 2 spiro atoms. The van der Waals surface area contributed by atoms with Crippen LogP contribution in [0.2, 0.25) is 0 Å². The number of rotatable bonds is 8. The van der Waals surface area contributed by atoms with Crippen LogP contribution in [-0.2, 0) is 9.53 Å². The van der Waals surface area contributed by atoms with E-state index in [2.05, 4.69) is 22.5 Å². The summed E-state index contributed by atoms with van der Waals surface area (Å²) in [5, 5.41) is 42.2. The Morgan fingerprint density at radius 2 is 2.07 bits per heavy atom. The summed E-state index contributed by atoms with van der Waals surface area (Å²) in [7, 11) is 1.74. The summed E-state index contributed by atoms with van der Waals surface area (Å²) in [5.41, 5.74) is 5.19. The number of aliphatic imine (C=N–C) groups is 1. The van der Waals surface area contributed by atoms with E-state index < -0.39 is 17.0 Å². The average Bonchev–Trinajstić information content (AvgIpc) is 3.34. The van der Waals surface area contributed by atoms with Crippen molar-refractivity contribution in [1.29, 1.82) is 0 Å². The zero-order chi connectivity index (χ0) is 29.7. The number of ether oxygens (including phenoxy) is 1. The first-order valence-electron chi connectivity index (χ1n) is 16.6. The fourth-order valence-corrected chi connectivity index (χ4v) is 11.3. The Balaban J connectivity index is 1.38. The van der Waals surface area contributed by atoms with E-state index in [1.807, 2.05) is 0 Å². The number of allylic oxidation sites excluding steroid dienone is 1. The van der Waals surface area contributed by atoms with Gasteiger partial charge in [-0.2, -0.15) is 0 Å². The van der Waals surface area contributed by atoms with Crippen LogP contribution in [0.25, 0.3) is 0 Å². The van der Waals surface area contributed by atoms with Crippen molar-refractivity contribution in [2.24, 2.45) is 45.2 Å². The Bertz CT molecular complexity index is 1100. The molecule has 2 bridgehead atoms. The van der Waals surface area contributed by atoms with E-state index in [1.165, 1.54) is 0 Å². The number of carboxylic acids is 1. The van der Waals surface area contributed by atoms with Crippen molar-refractivity contribution >= 4 is 11.9 Å². The summed E-state index contributed by atoms with van der Waals surface area (Å²) in [5.74, 6) is 0.537. The Labute approximate surface area is 250 Å². The molecule has 10 nitrogen and oxygen atoms in total. The molecule has 236 valence electrons. The molecule has 2 saturated heterocycles. The number of quaternary nitrogens is 1. The number of aliphatic carboxylic acids is 1. The van der Waals surface area contributed by atoms with Gasteiger partial charge in [0.05, 0.1) is 38.4 Å². The quantitative estimate of drug-likeness (QED) is 0.119. The molecular weight excluding hydrogens is 534 g/mol. The third-order valence-electron chi connectivity index (χ3n) is 12.8. The molecule has 0 aromatic rings. The highest BCUT2D eigenvalue weighted by molar-refractivity contribution is 5.90. The van der Waals surface area contributed by atoms with Crippen molar-refractivity contribution in [1.82, 2.24) is 10.6 Å². The maximum Gasteiger partial charge on any atom is 0.293 e. The number of nitrogens with two attached hydrogens (primary N) is 1. The number of hydrogen-bond donors (Lipinski definition) is 6. The number of likely N-dealkylation sites (tertiary alicyclic amines) is 1. The number of piperidine rings is 2. The molecule has 3 saturated carbocycles. The molecule has 10 heteroatoms. The van der Waals surface area contributed by atoms with E-state index in [1.54, 1.807) is 7.05 Å². The van der Waals surface area contributed by atoms with Crippen molar-refractivity contribution in [2.75, 3.05) is 53.0 Å². The predicted molar refractivity (Wildman–Crippen MR) is 157 cm³/mol. The molecule has 2 heterocycles. The molecule has 0 amide bonds. The first-order valence-corrected chi connectivity index (χ1v) is 16.6. The summed E-state index contributed by atoms with van der Waals surface area (Å²) in [6.07, 6.45) is 9.47. The fourth-order valence-electron chi connectivity index (χ4n) is 11.3. The zero-order valence-corrected chi connectivity index (χ0v) is 25.6. The third-order valence-corrected chi connectivity index (χ3v) is 12.8. The lowest BCUT2D eigenvalue weighted by Gasteiger charge is -2.60. The van der Waals surface area contributed by atoms with E-state index in [-0.39, 0.29) is 42.1 Å². The van der Waals surface area contributed by atoms with E-state index in [4.69, 9.17) is 10.5 Å². The second-order valence-corrected chi connectivity index (χ2v) is 14.4. The van der Waals surface area contributed by atoms with Gasteiger partial charge in [0.2, 0.25) is 0 Å². The number of guanidine groups is 1. The molecule has 0 aromatic heterocycles. The van der Waals surface area contributed by atoms with Gasteiger partial charge in [-0.3, -0.25) is 4.90 Å². The van der Waals surface area contributed by atoms with Gasteiger partial charge in [-0.25, -0.2) is 4.99 Å². The lowest BCUT2D eigenvalue weighted by Crippen LogP contribution is -3.19. The molecule has 7 N–H and O–H groups in total. The molecule has 6 rings (SSSR count). The number of aliphatic hydroxyl groups is 2.